The van der Waals surface area contributed by atoms with Crippen molar-refractivity contribution in [2.24, 2.45) is 10.7 Å². The highest BCUT2D eigenvalue weighted by Gasteiger charge is 2.26. The predicted molar refractivity (Wildman–Crippen MR) is 66.6 cm³/mol. The molecule has 100 valence electrons. The number of nitrogens with one attached hydrogen (secondary N) is 1. The zero-order valence-corrected chi connectivity index (χ0v) is 10.1. The lowest BCUT2D eigenvalue weighted by Crippen LogP contribution is -2.23. The molecule has 0 aliphatic carbocycles. The number of nitrogens with two attached hydrogens (primary N) is 1. The van der Waals surface area contributed by atoms with Crippen LogP contribution in [-0.2, 0) is 6.42 Å². The van der Waals surface area contributed by atoms with E-state index in [2.05, 4.69) is 10.3 Å². The monoisotopic (exact) mass is 259 g/mol. The molecule has 0 unspecified atom stereocenters. The van der Waals surface area contributed by atoms with Crippen molar-refractivity contribution in [3.63, 3.8) is 0 Å². The van der Waals surface area contributed by atoms with Gasteiger partial charge in [-0.1, -0.05) is 19.1 Å². The first kappa shape index (κ1) is 14.3. The van der Waals surface area contributed by atoms with Gasteiger partial charge in [0, 0.05) is 5.69 Å². The quantitative estimate of drug-likeness (QED) is 0.645. The summed E-state index contributed by atoms with van der Waals surface area (Å²) < 4.78 is 35.7. The molecule has 1 rings (SSSR count). The number of hydrogen-bond acceptors (Lipinski definition) is 1. The average molecular weight is 259 g/mol. The van der Waals surface area contributed by atoms with Crippen molar-refractivity contribution in [2.45, 2.75) is 25.9 Å². The van der Waals surface area contributed by atoms with Crippen molar-refractivity contribution >= 4 is 11.6 Å². The molecule has 0 saturated heterocycles. The summed E-state index contributed by atoms with van der Waals surface area (Å²) in [6.45, 7) is 1.67. The number of hydrogen-bond donors (Lipinski definition) is 2. The van der Waals surface area contributed by atoms with Crippen LogP contribution >= 0.6 is 0 Å². The number of aliphatic imine (C=N–C) groups is 1. The molecule has 0 amide bonds. The summed E-state index contributed by atoms with van der Waals surface area (Å²) in [6, 6.07) is 7.46. The smallest absolute Gasteiger partial charge is 0.370 e. The van der Waals surface area contributed by atoms with E-state index in [1.54, 1.807) is 0 Å². The summed E-state index contributed by atoms with van der Waals surface area (Å²) in [5, 5.41) is 2.74. The second-order valence-corrected chi connectivity index (χ2v) is 3.81. The minimum atomic E-state index is -4.20. The van der Waals surface area contributed by atoms with Gasteiger partial charge in [0.05, 0.1) is 13.0 Å². The van der Waals surface area contributed by atoms with Crippen LogP contribution in [0, 0.1) is 0 Å². The molecule has 3 N–H and O–H groups in total. The van der Waals surface area contributed by atoms with Crippen LogP contribution < -0.4 is 11.1 Å². The normalized spacial score (nSPS) is 12.6. The maximum absolute atomic E-state index is 11.9. The summed E-state index contributed by atoms with van der Waals surface area (Å²) in [4.78, 5) is 3.61. The van der Waals surface area contributed by atoms with Crippen molar-refractivity contribution in [1.29, 1.82) is 0 Å². The van der Waals surface area contributed by atoms with Crippen LogP contribution in [0.5, 0.6) is 0 Å². The van der Waals surface area contributed by atoms with Gasteiger partial charge in [0.25, 0.3) is 0 Å². The number of nitrogens with zero attached hydrogens (tertiary/aromatic N) is 1. The Morgan fingerprint density at radius 1 is 1.28 bits per heavy atom. The number of halogens is 3. The third-order valence-corrected chi connectivity index (χ3v) is 2.31. The zero-order valence-electron chi connectivity index (χ0n) is 10.1. The van der Waals surface area contributed by atoms with Crippen LogP contribution in [-0.4, -0.2) is 18.7 Å². The molecular weight excluding hydrogens is 243 g/mol. The Balaban J connectivity index is 2.47. The number of guanidine groups is 1. The molecule has 6 heteroatoms. The summed E-state index contributed by atoms with van der Waals surface area (Å²) >= 11 is 0. The van der Waals surface area contributed by atoms with E-state index < -0.39 is 12.6 Å². The van der Waals surface area contributed by atoms with Crippen molar-refractivity contribution < 1.29 is 13.2 Å². The lowest BCUT2D eigenvalue weighted by Gasteiger charge is -2.07. The molecule has 0 radical (unpaired) electrons. The van der Waals surface area contributed by atoms with Crippen molar-refractivity contribution in [3.05, 3.63) is 29.8 Å². The Kier molecular flexibility index (Phi) is 5.00. The first-order valence-electron chi connectivity index (χ1n) is 5.63. The van der Waals surface area contributed by atoms with Crippen LogP contribution in [0.4, 0.5) is 18.9 Å². The van der Waals surface area contributed by atoms with Gasteiger partial charge in [0.1, 0.15) is 0 Å². The minimum absolute atomic E-state index is 0.0106. The fourth-order valence-electron chi connectivity index (χ4n) is 1.31. The van der Waals surface area contributed by atoms with Gasteiger partial charge in [0.15, 0.2) is 5.96 Å². The van der Waals surface area contributed by atoms with E-state index in [0.717, 1.165) is 6.42 Å². The average Bonchev–Trinajstić information content (AvgIpc) is 2.28. The molecule has 0 heterocycles. The molecule has 0 fully saturated rings. The van der Waals surface area contributed by atoms with Gasteiger partial charge in [-0.05, 0) is 24.1 Å². The maximum Gasteiger partial charge on any atom is 0.390 e. The highest BCUT2D eigenvalue weighted by atomic mass is 19.4. The van der Waals surface area contributed by atoms with Crippen LogP contribution in [0.15, 0.2) is 29.3 Å². The van der Waals surface area contributed by atoms with Crippen LogP contribution in [0.2, 0.25) is 0 Å². The highest BCUT2D eigenvalue weighted by Crippen LogP contribution is 2.18. The van der Waals surface area contributed by atoms with E-state index in [-0.39, 0.29) is 12.5 Å². The fourth-order valence-corrected chi connectivity index (χ4v) is 1.31. The fraction of sp³-hybridized carbons (Fsp3) is 0.417. The first-order valence-corrected chi connectivity index (χ1v) is 5.63. The van der Waals surface area contributed by atoms with Crippen molar-refractivity contribution in [3.8, 4) is 0 Å². The molecule has 0 aromatic heterocycles. The molecule has 0 bridgehead atoms. The Labute approximate surface area is 104 Å². The number of aryl methyl sites for hydroxylation is 1. The number of anilines is 1. The Morgan fingerprint density at radius 2 is 1.89 bits per heavy atom. The number of alkyl halides is 3. The molecule has 0 saturated carbocycles. The van der Waals surface area contributed by atoms with Crippen molar-refractivity contribution in [1.82, 2.24) is 0 Å². The van der Waals surface area contributed by atoms with Gasteiger partial charge in [0.2, 0.25) is 0 Å². The molecule has 0 aliphatic heterocycles. The lowest BCUT2D eigenvalue weighted by molar-refractivity contribution is -0.132. The van der Waals surface area contributed by atoms with E-state index in [1.165, 1.54) is 5.56 Å². The van der Waals surface area contributed by atoms with E-state index in [9.17, 15) is 13.2 Å². The SMILES string of the molecule is CCc1ccc(NC(N)=NCCC(F)(F)F)cc1. The third-order valence-electron chi connectivity index (χ3n) is 2.31. The van der Waals surface area contributed by atoms with E-state index in [1.807, 2.05) is 31.2 Å². The van der Waals surface area contributed by atoms with Gasteiger partial charge in [-0.2, -0.15) is 13.2 Å². The standard InChI is InChI=1S/C12H16F3N3/c1-2-9-3-5-10(6-4-9)18-11(16)17-8-7-12(13,14)15/h3-6H,2,7-8H2,1H3,(H3,16,17,18). The Bertz CT molecular complexity index is 396. The molecule has 3 nitrogen and oxygen atoms in total. The summed E-state index contributed by atoms with van der Waals surface area (Å²) in [5.41, 5.74) is 7.36. The van der Waals surface area contributed by atoms with Crippen LogP contribution in [0.3, 0.4) is 0 Å². The summed E-state index contributed by atoms with van der Waals surface area (Å²) in [6.07, 6.45) is -4.24. The molecule has 0 atom stereocenters. The van der Waals surface area contributed by atoms with Crippen LogP contribution in [0.1, 0.15) is 18.9 Å². The zero-order chi connectivity index (χ0) is 13.6. The largest absolute Gasteiger partial charge is 0.390 e. The molecule has 18 heavy (non-hydrogen) atoms. The third kappa shape index (κ3) is 5.56. The van der Waals surface area contributed by atoms with Gasteiger partial charge >= 0.3 is 6.18 Å². The maximum atomic E-state index is 11.9. The van der Waals surface area contributed by atoms with E-state index >= 15 is 0 Å². The summed E-state index contributed by atoms with van der Waals surface area (Å²) in [7, 11) is 0. The minimum Gasteiger partial charge on any atom is -0.370 e. The van der Waals surface area contributed by atoms with Gasteiger partial charge in [-0.3, -0.25) is 4.99 Å². The van der Waals surface area contributed by atoms with Gasteiger partial charge < -0.3 is 11.1 Å². The Hall–Kier alpha value is -1.72. The van der Waals surface area contributed by atoms with E-state index in [4.69, 9.17) is 5.73 Å². The van der Waals surface area contributed by atoms with Gasteiger partial charge in [-0.25, -0.2) is 0 Å². The second kappa shape index (κ2) is 6.28. The highest BCUT2D eigenvalue weighted by molar-refractivity contribution is 5.92. The molecular formula is C12H16F3N3. The number of rotatable bonds is 4. The second-order valence-electron chi connectivity index (χ2n) is 3.81. The molecule has 1 aromatic rings. The molecule has 0 spiro atoms. The van der Waals surface area contributed by atoms with Gasteiger partial charge in [-0.15, -0.1) is 0 Å². The number of benzene rings is 1. The predicted octanol–water partition coefficient (Wildman–Crippen LogP) is 2.93. The lowest BCUT2D eigenvalue weighted by atomic mass is 10.1. The van der Waals surface area contributed by atoms with E-state index in [0.29, 0.717) is 5.69 Å². The Morgan fingerprint density at radius 3 is 2.39 bits per heavy atom. The topological polar surface area (TPSA) is 50.4 Å². The van der Waals surface area contributed by atoms with Crippen LogP contribution in [0.25, 0.3) is 0 Å². The first-order chi connectivity index (χ1) is 8.40. The van der Waals surface area contributed by atoms with Crippen molar-refractivity contribution in [2.75, 3.05) is 11.9 Å². The molecule has 0 aliphatic rings. The molecule has 1 aromatic carbocycles. The summed E-state index contributed by atoms with van der Waals surface area (Å²) in [5.74, 6) is -0.0106.